The highest BCUT2D eigenvalue weighted by Gasteiger charge is 2.32. The molecule has 1 unspecified atom stereocenters. The first-order chi connectivity index (χ1) is 18.5. The van der Waals surface area contributed by atoms with Gasteiger partial charge in [0.15, 0.2) is 11.5 Å². The van der Waals surface area contributed by atoms with Crippen molar-refractivity contribution in [3.63, 3.8) is 0 Å². The molecule has 0 aliphatic carbocycles. The third kappa shape index (κ3) is 8.53. The Kier molecular flexibility index (Phi) is 10.5. The number of amides is 2. The van der Waals surface area contributed by atoms with Gasteiger partial charge in [-0.25, -0.2) is 4.79 Å². The molecule has 0 spiro atoms. The van der Waals surface area contributed by atoms with Gasteiger partial charge in [0.05, 0.1) is 33.8 Å². The average Bonchev–Trinajstić information content (AvgIpc) is 2.88. The Labute approximate surface area is 233 Å². The van der Waals surface area contributed by atoms with E-state index in [1.807, 2.05) is 62.1 Å². The number of carbonyl (C=O) groups excluding carboxylic acids is 2. The Morgan fingerprint density at radius 3 is 2.38 bits per heavy atom. The van der Waals surface area contributed by atoms with E-state index in [4.69, 9.17) is 18.9 Å². The Bertz CT molecular complexity index is 1130. The number of hydrogen-bond donors (Lipinski definition) is 0. The van der Waals surface area contributed by atoms with Crippen LogP contribution in [0.3, 0.4) is 0 Å². The molecule has 8 nitrogen and oxygen atoms in total. The average molecular weight is 541 g/mol. The van der Waals surface area contributed by atoms with E-state index in [0.717, 1.165) is 36.1 Å². The van der Waals surface area contributed by atoms with Gasteiger partial charge in [0.2, 0.25) is 0 Å². The zero-order valence-electron chi connectivity index (χ0n) is 24.5. The lowest BCUT2D eigenvalue weighted by Gasteiger charge is -2.39. The molecule has 1 aliphatic heterocycles. The molecule has 0 saturated carbocycles. The fraction of sp³-hybridized carbons (Fsp3) is 0.548. The molecule has 2 aromatic rings. The molecule has 0 N–H and O–H groups in total. The fourth-order valence-corrected chi connectivity index (χ4v) is 4.68. The van der Waals surface area contributed by atoms with E-state index in [-0.39, 0.29) is 24.3 Å². The van der Waals surface area contributed by atoms with E-state index in [0.29, 0.717) is 43.5 Å². The highest BCUT2D eigenvalue weighted by Crippen LogP contribution is 2.34. The van der Waals surface area contributed by atoms with Gasteiger partial charge in [0.1, 0.15) is 11.4 Å². The smallest absolute Gasteiger partial charge is 0.324 e. The van der Waals surface area contributed by atoms with Gasteiger partial charge < -0.3 is 23.8 Å². The summed E-state index contributed by atoms with van der Waals surface area (Å²) in [5, 5.41) is 0. The van der Waals surface area contributed by atoms with E-state index < -0.39 is 5.60 Å². The van der Waals surface area contributed by atoms with E-state index in [1.165, 1.54) is 0 Å². The minimum absolute atomic E-state index is 0.0740. The van der Waals surface area contributed by atoms with Gasteiger partial charge in [-0.05, 0) is 56.9 Å². The minimum Gasteiger partial charge on any atom is -0.496 e. The maximum absolute atomic E-state index is 13.7. The largest absolute Gasteiger partial charge is 0.496 e. The second kappa shape index (κ2) is 13.6. The van der Waals surface area contributed by atoms with Crippen LogP contribution in [0.15, 0.2) is 36.4 Å². The number of carbonyl (C=O) groups is 2. The van der Waals surface area contributed by atoms with Crippen LogP contribution in [-0.4, -0.2) is 56.4 Å². The summed E-state index contributed by atoms with van der Waals surface area (Å²) in [6.07, 6.45) is 3.34. The summed E-state index contributed by atoms with van der Waals surface area (Å²) in [7, 11) is 3.22. The quantitative estimate of drug-likeness (QED) is 0.234. The molecule has 1 aliphatic rings. The molecule has 0 radical (unpaired) electrons. The van der Waals surface area contributed by atoms with Crippen molar-refractivity contribution >= 4 is 17.7 Å². The lowest BCUT2D eigenvalue weighted by molar-refractivity contribution is -0.153. The van der Waals surface area contributed by atoms with E-state index >= 15 is 0 Å². The molecular formula is C31H44N2O6. The topological polar surface area (TPSA) is 77.5 Å². The number of hydrogen-bond acceptors (Lipinski definition) is 6. The maximum atomic E-state index is 13.7. The summed E-state index contributed by atoms with van der Waals surface area (Å²) in [5.74, 6) is 1.91. The normalized spacial score (nSPS) is 15.8. The van der Waals surface area contributed by atoms with Crippen molar-refractivity contribution < 1.29 is 28.5 Å². The molecule has 214 valence electrons. The molecular weight excluding hydrogens is 496 g/mol. The molecule has 0 aromatic heterocycles. The molecule has 0 bridgehead atoms. The number of urea groups is 1. The van der Waals surface area contributed by atoms with Crippen LogP contribution in [0.4, 0.5) is 10.5 Å². The summed E-state index contributed by atoms with van der Waals surface area (Å²) in [5.41, 5.74) is 1.92. The lowest BCUT2D eigenvalue weighted by atomic mass is 10.0. The molecule has 1 saturated heterocycles. The second-order valence-corrected chi connectivity index (χ2v) is 11.2. The van der Waals surface area contributed by atoms with Crippen molar-refractivity contribution in [3.05, 3.63) is 47.5 Å². The van der Waals surface area contributed by atoms with E-state index in [9.17, 15) is 9.59 Å². The van der Waals surface area contributed by atoms with E-state index in [1.54, 1.807) is 19.1 Å². The van der Waals surface area contributed by atoms with Crippen LogP contribution in [0.5, 0.6) is 17.2 Å². The number of unbranched alkanes of at least 4 members (excludes halogenated alkanes) is 2. The Morgan fingerprint density at radius 2 is 1.72 bits per heavy atom. The standard InChI is InChI=1S/C31H44N2O6/c1-8-9-10-15-38-28-18-25(13-14-26(28)36-6)33-20-22(2)19-32(30(33)35)21-24-12-11-23(16-27(24)37-7)17-29(34)39-31(3,4)5/h11-14,16,18,22H,8-10,15,17,19-21H2,1-7H3. The van der Waals surface area contributed by atoms with Crippen molar-refractivity contribution in [3.8, 4) is 17.2 Å². The third-order valence-corrected chi connectivity index (χ3v) is 6.47. The van der Waals surface area contributed by atoms with Gasteiger partial charge >= 0.3 is 12.0 Å². The highest BCUT2D eigenvalue weighted by molar-refractivity contribution is 5.93. The van der Waals surface area contributed by atoms with Crippen LogP contribution in [-0.2, 0) is 22.5 Å². The molecule has 3 rings (SSSR count). The molecule has 2 amide bonds. The van der Waals surface area contributed by atoms with Gasteiger partial charge in [0.25, 0.3) is 0 Å². The number of anilines is 1. The Balaban J connectivity index is 1.76. The van der Waals surface area contributed by atoms with Crippen molar-refractivity contribution in [2.45, 2.75) is 72.4 Å². The van der Waals surface area contributed by atoms with Crippen molar-refractivity contribution in [2.24, 2.45) is 5.92 Å². The molecule has 1 heterocycles. The van der Waals surface area contributed by atoms with E-state index in [2.05, 4.69) is 13.8 Å². The van der Waals surface area contributed by atoms with Gasteiger partial charge in [0, 0.05) is 30.4 Å². The van der Waals surface area contributed by atoms with Gasteiger partial charge in [-0.15, -0.1) is 0 Å². The molecule has 1 atom stereocenters. The summed E-state index contributed by atoms with van der Waals surface area (Å²) < 4.78 is 22.6. The zero-order chi connectivity index (χ0) is 28.6. The predicted octanol–water partition coefficient (Wildman–Crippen LogP) is 6.24. The van der Waals surface area contributed by atoms with Crippen LogP contribution >= 0.6 is 0 Å². The van der Waals surface area contributed by atoms with Gasteiger partial charge in [-0.1, -0.05) is 38.8 Å². The zero-order valence-corrected chi connectivity index (χ0v) is 24.5. The number of esters is 1. The molecule has 39 heavy (non-hydrogen) atoms. The summed E-state index contributed by atoms with van der Waals surface area (Å²) >= 11 is 0. The van der Waals surface area contributed by atoms with Crippen molar-refractivity contribution in [1.82, 2.24) is 4.90 Å². The highest BCUT2D eigenvalue weighted by atomic mass is 16.6. The maximum Gasteiger partial charge on any atom is 0.324 e. The molecule has 8 heteroatoms. The third-order valence-electron chi connectivity index (χ3n) is 6.47. The SMILES string of the molecule is CCCCCOc1cc(N2CC(C)CN(Cc3ccc(CC(=O)OC(C)(C)C)cc3OC)C2=O)ccc1OC. The first kappa shape index (κ1) is 30.1. The first-order valence-electron chi connectivity index (χ1n) is 13.8. The number of methoxy groups -OCH3 is 2. The fourth-order valence-electron chi connectivity index (χ4n) is 4.68. The first-order valence-corrected chi connectivity index (χ1v) is 13.8. The lowest BCUT2D eigenvalue weighted by Crippen LogP contribution is -2.52. The monoisotopic (exact) mass is 540 g/mol. The number of rotatable bonds is 12. The summed E-state index contributed by atoms with van der Waals surface area (Å²) in [6.45, 7) is 12.1. The van der Waals surface area contributed by atoms with Crippen LogP contribution in [0.2, 0.25) is 0 Å². The van der Waals surface area contributed by atoms with Gasteiger partial charge in [-0.2, -0.15) is 0 Å². The van der Waals surface area contributed by atoms with Crippen molar-refractivity contribution in [2.75, 3.05) is 38.8 Å². The Morgan fingerprint density at radius 1 is 0.974 bits per heavy atom. The second-order valence-electron chi connectivity index (χ2n) is 11.2. The Hall–Kier alpha value is -3.42. The molecule has 1 fully saturated rings. The van der Waals surface area contributed by atoms with Crippen LogP contribution in [0, 0.1) is 5.92 Å². The number of benzene rings is 2. The van der Waals surface area contributed by atoms with Crippen LogP contribution in [0.1, 0.15) is 65.0 Å². The minimum atomic E-state index is -0.538. The summed E-state index contributed by atoms with van der Waals surface area (Å²) in [4.78, 5) is 29.6. The number of ether oxygens (including phenoxy) is 4. The summed E-state index contributed by atoms with van der Waals surface area (Å²) in [6, 6.07) is 11.2. The molecule has 2 aromatic carbocycles. The number of nitrogens with zero attached hydrogens (tertiary/aromatic N) is 2. The van der Waals surface area contributed by atoms with Crippen LogP contribution < -0.4 is 19.1 Å². The van der Waals surface area contributed by atoms with Crippen molar-refractivity contribution in [1.29, 1.82) is 0 Å². The predicted molar refractivity (Wildman–Crippen MR) is 153 cm³/mol. The van der Waals surface area contributed by atoms with Crippen LogP contribution in [0.25, 0.3) is 0 Å². The van der Waals surface area contributed by atoms with Gasteiger partial charge in [-0.3, -0.25) is 9.69 Å².